The van der Waals surface area contributed by atoms with Gasteiger partial charge in [-0.05, 0) is 24.0 Å². The second kappa shape index (κ2) is 6.09. The van der Waals surface area contributed by atoms with Gasteiger partial charge in [-0.2, -0.15) is 15.2 Å². The second-order valence-corrected chi connectivity index (χ2v) is 7.64. The van der Waals surface area contributed by atoms with Crippen LogP contribution in [0.25, 0.3) is 0 Å². The fourth-order valence-electron chi connectivity index (χ4n) is 2.83. The van der Waals surface area contributed by atoms with Gasteiger partial charge in [0.05, 0.1) is 0 Å². The van der Waals surface area contributed by atoms with E-state index in [1.54, 1.807) is 0 Å². The first kappa shape index (κ1) is 16.2. The third kappa shape index (κ3) is 3.03. The highest BCUT2D eigenvalue weighted by Crippen LogP contribution is 2.26. The number of rotatable bonds is 2. The molecule has 7 nitrogen and oxygen atoms in total. The molecular weight excluding hydrogens is 326 g/mol. The monoisotopic (exact) mass is 343 g/mol. The number of hydrogen-bond donors (Lipinski definition) is 1. The van der Waals surface area contributed by atoms with E-state index in [1.165, 1.54) is 11.1 Å². The zero-order valence-corrected chi connectivity index (χ0v) is 14.0. The molecule has 1 aliphatic heterocycles. The van der Waals surface area contributed by atoms with Gasteiger partial charge in [-0.3, -0.25) is 0 Å². The van der Waals surface area contributed by atoms with E-state index in [0.29, 0.717) is 18.9 Å². The predicted molar refractivity (Wildman–Crippen MR) is 90.3 cm³/mol. The summed E-state index contributed by atoms with van der Waals surface area (Å²) in [7, 11) is -3.61. The van der Waals surface area contributed by atoms with Crippen molar-refractivity contribution in [3.63, 3.8) is 0 Å². The maximum atomic E-state index is 11.8. The maximum Gasteiger partial charge on any atom is 0.250 e. The minimum Gasteiger partial charge on any atom is -0.382 e. The van der Waals surface area contributed by atoms with E-state index >= 15 is 0 Å². The average Bonchev–Trinajstić information content (AvgIpc) is 2.76. The first-order chi connectivity index (χ1) is 11.4. The van der Waals surface area contributed by atoms with E-state index < -0.39 is 9.84 Å². The van der Waals surface area contributed by atoms with Crippen molar-refractivity contribution in [1.29, 1.82) is 5.26 Å². The van der Waals surface area contributed by atoms with E-state index in [4.69, 9.17) is 5.73 Å². The van der Waals surface area contributed by atoms with Crippen LogP contribution in [-0.4, -0.2) is 37.7 Å². The van der Waals surface area contributed by atoms with Gasteiger partial charge < -0.3 is 10.6 Å². The molecule has 0 radical (unpaired) electrons. The molecule has 0 amide bonds. The standard InChI is InChI=1S/C16H17N5O2S/c1-24(22,23)16-19-14(18)13(10-17)15(20-16)21-8-6-11-4-2-3-5-12(11)7-9-21/h2-5H,6-9H2,1H3,(H2,18,19,20). The average molecular weight is 343 g/mol. The Morgan fingerprint density at radius 2 is 1.75 bits per heavy atom. The highest BCUT2D eigenvalue weighted by Gasteiger charge is 2.23. The van der Waals surface area contributed by atoms with Crippen LogP contribution >= 0.6 is 0 Å². The minimum absolute atomic E-state index is 0.107. The Kier molecular flexibility index (Phi) is 4.11. The predicted octanol–water partition coefficient (Wildman–Crippen LogP) is 0.939. The van der Waals surface area contributed by atoms with Crippen LogP contribution in [0.1, 0.15) is 16.7 Å². The fourth-order valence-corrected chi connectivity index (χ4v) is 3.34. The summed E-state index contributed by atoms with van der Waals surface area (Å²) in [6.45, 7) is 1.26. The lowest BCUT2D eigenvalue weighted by molar-refractivity contribution is 0.592. The molecular formula is C16H17N5O2S. The van der Waals surface area contributed by atoms with Gasteiger partial charge in [-0.25, -0.2) is 8.42 Å². The molecule has 24 heavy (non-hydrogen) atoms. The zero-order chi connectivity index (χ0) is 17.3. The zero-order valence-electron chi connectivity index (χ0n) is 13.2. The third-order valence-electron chi connectivity index (χ3n) is 4.06. The molecule has 0 bridgehead atoms. The Morgan fingerprint density at radius 1 is 1.17 bits per heavy atom. The van der Waals surface area contributed by atoms with Crippen molar-refractivity contribution < 1.29 is 8.42 Å². The largest absolute Gasteiger partial charge is 0.382 e. The lowest BCUT2D eigenvalue weighted by Gasteiger charge is -2.23. The number of nitrogen functional groups attached to an aromatic ring is 1. The highest BCUT2D eigenvalue weighted by atomic mass is 32.2. The van der Waals surface area contributed by atoms with Crippen molar-refractivity contribution in [2.75, 3.05) is 30.0 Å². The number of sulfone groups is 1. The lowest BCUT2D eigenvalue weighted by Crippen LogP contribution is -2.29. The SMILES string of the molecule is CS(=O)(=O)c1nc(N)c(C#N)c(N2CCc3ccccc3CC2)n1. The Balaban J connectivity index is 2.03. The van der Waals surface area contributed by atoms with E-state index in [-0.39, 0.29) is 16.5 Å². The summed E-state index contributed by atoms with van der Waals surface area (Å²) >= 11 is 0. The first-order valence-corrected chi connectivity index (χ1v) is 9.38. The first-order valence-electron chi connectivity index (χ1n) is 7.49. The molecule has 1 aliphatic rings. The fraction of sp³-hybridized carbons (Fsp3) is 0.312. The van der Waals surface area contributed by atoms with Crippen molar-refractivity contribution in [1.82, 2.24) is 9.97 Å². The molecule has 2 aromatic rings. The number of nitrogens with two attached hydrogens (primary N) is 1. The minimum atomic E-state index is -3.61. The number of fused-ring (bicyclic) bond motifs is 1. The molecule has 0 saturated carbocycles. The van der Waals surface area contributed by atoms with E-state index in [9.17, 15) is 13.7 Å². The molecule has 0 spiro atoms. The quantitative estimate of drug-likeness (QED) is 0.807. The van der Waals surface area contributed by atoms with E-state index in [1.807, 2.05) is 23.1 Å². The van der Waals surface area contributed by atoms with Crippen LogP contribution in [0.3, 0.4) is 0 Å². The van der Waals surface area contributed by atoms with Crippen LogP contribution in [-0.2, 0) is 22.7 Å². The molecule has 8 heteroatoms. The van der Waals surface area contributed by atoms with Gasteiger partial charge >= 0.3 is 0 Å². The van der Waals surface area contributed by atoms with Crippen LogP contribution in [0.5, 0.6) is 0 Å². The molecule has 0 aliphatic carbocycles. The topological polar surface area (TPSA) is 113 Å². The summed E-state index contributed by atoms with van der Waals surface area (Å²) in [5.74, 6) is 0.183. The molecule has 0 saturated heterocycles. The number of anilines is 2. The van der Waals surface area contributed by atoms with Crippen LogP contribution < -0.4 is 10.6 Å². The molecule has 3 rings (SSSR count). The molecule has 2 heterocycles. The molecule has 2 N–H and O–H groups in total. The number of nitrogens with zero attached hydrogens (tertiary/aromatic N) is 4. The van der Waals surface area contributed by atoms with Crippen LogP contribution in [0, 0.1) is 11.3 Å². The Labute approximate surface area is 140 Å². The Hall–Kier alpha value is -2.66. The number of aromatic nitrogens is 2. The van der Waals surface area contributed by atoms with Gasteiger partial charge in [-0.15, -0.1) is 0 Å². The molecule has 1 aromatic heterocycles. The summed E-state index contributed by atoms with van der Waals surface area (Å²) in [6.07, 6.45) is 2.61. The second-order valence-electron chi connectivity index (χ2n) is 5.73. The van der Waals surface area contributed by atoms with Gasteiger partial charge in [-0.1, -0.05) is 24.3 Å². The Bertz CT molecular complexity index is 907. The van der Waals surface area contributed by atoms with Gasteiger partial charge in [0.2, 0.25) is 9.84 Å². The van der Waals surface area contributed by atoms with Crippen LogP contribution in [0.15, 0.2) is 29.4 Å². The summed E-state index contributed by atoms with van der Waals surface area (Å²) in [5, 5.41) is 9.03. The number of nitriles is 1. The Morgan fingerprint density at radius 3 is 2.25 bits per heavy atom. The van der Waals surface area contributed by atoms with E-state index in [0.717, 1.165) is 19.1 Å². The van der Waals surface area contributed by atoms with Crippen molar-refractivity contribution in [2.24, 2.45) is 0 Å². The normalized spacial score (nSPS) is 14.6. The summed E-state index contributed by atoms with van der Waals surface area (Å²) in [5.41, 5.74) is 8.42. The van der Waals surface area contributed by atoms with Crippen LogP contribution in [0.2, 0.25) is 0 Å². The van der Waals surface area contributed by atoms with Crippen molar-refractivity contribution in [2.45, 2.75) is 18.0 Å². The highest BCUT2D eigenvalue weighted by molar-refractivity contribution is 7.90. The lowest BCUT2D eigenvalue weighted by atomic mass is 10.0. The van der Waals surface area contributed by atoms with Crippen molar-refractivity contribution in [3.05, 3.63) is 41.0 Å². The summed E-state index contributed by atoms with van der Waals surface area (Å²) in [6, 6.07) is 10.2. The van der Waals surface area contributed by atoms with Gasteiger partial charge in [0.15, 0.2) is 5.82 Å². The molecule has 0 unspecified atom stereocenters. The molecule has 1 aromatic carbocycles. The van der Waals surface area contributed by atoms with Gasteiger partial charge in [0.25, 0.3) is 5.16 Å². The number of benzene rings is 1. The van der Waals surface area contributed by atoms with E-state index in [2.05, 4.69) is 22.1 Å². The molecule has 0 atom stereocenters. The molecule has 0 fully saturated rings. The van der Waals surface area contributed by atoms with Crippen molar-refractivity contribution >= 4 is 21.5 Å². The smallest absolute Gasteiger partial charge is 0.250 e. The van der Waals surface area contributed by atoms with Gasteiger partial charge in [0, 0.05) is 19.3 Å². The third-order valence-corrected chi connectivity index (χ3v) is 4.91. The van der Waals surface area contributed by atoms with Gasteiger partial charge in [0.1, 0.15) is 17.5 Å². The van der Waals surface area contributed by atoms with Crippen molar-refractivity contribution in [3.8, 4) is 6.07 Å². The van der Waals surface area contributed by atoms with Crippen LogP contribution in [0.4, 0.5) is 11.6 Å². The maximum absolute atomic E-state index is 11.8. The molecule has 124 valence electrons. The summed E-state index contributed by atoms with van der Waals surface area (Å²) in [4.78, 5) is 9.80. The summed E-state index contributed by atoms with van der Waals surface area (Å²) < 4.78 is 23.6. The number of hydrogen-bond acceptors (Lipinski definition) is 7.